The molecule has 194 valence electrons. The molecule has 0 bridgehead atoms. The molecule has 0 N–H and O–H groups in total. The van der Waals surface area contributed by atoms with E-state index in [1.165, 1.54) is 24.9 Å². The number of fused-ring (bicyclic) bond motifs is 6. The minimum atomic E-state index is 0.657. The van der Waals surface area contributed by atoms with Crippen molar-refractivity contribution in [1.29, 1.82) is 10.5 Å². The van der Waals surface area contributed by atoms with Gasteiger partial charge in [0.05, 0.1) is 23.3 Å². The summed E-state index contributed by atoms with van der Waals surface area (Å²) in [7, 11) is 0. The fourth-order valence-electron chi connectivity index (χ4n) is 5.94. The Morgan fingerprint density at radius 3 is 2.02 bits per heavy atom. The van der Waals surface area contributed by atoms with Crippen molar-refractivity contribution in [3.05, 3.63) is 132 Å². The minimum absolute atomic E-state index is 0.657. The van der Waals surface area contributed by atoms with Crippen molar-refractivity contribution in [2.75, 3.05) is 0 Å². The average Bonchev–Trinajstić information content (AvgIpc) is 3.62. The second-order valence-electron chi connectivity index (χ2n) is 10.4. The van der Waals surface area contributed by atoms with Crippen LogP contribution in [0, 0.1) is 22.7 Å². The number of hydrogen-bond acceptors (Lipinski definition) is 4. The van der Waals surface area contributed by atoms with Gasteiger partial charge in [-0.1, -0.05) is 66.7 Å². The first-order valence-corrected chi connectivity index (χ1v) is 15.3. The van der Waals surface area contributed by atoms with Crippen LogP contribution in [0.5, 0.6) is 0 Å². The van der Waals surface area contributed by atoms with E-state index in [1.54, 1.807) is 11.3 Å². The molecular formula is C38H20N2S2. The zero-order chi connectivity index (χ0) is 28.2. The molecule has 2 aromatic heterocycles. The highest BCUT2D eigenvalue weighted by molar-refractivity contribution is 7.26. The third-order valence-electron chi connectivity index (χ3n) is 7.94. The summed E-state index contributed by atoms with van der Waals surface area (Å²) in [6.45, 7) is 0. The van der Waals surface area contributed by atoms with Crippen molar-refractivity contribution >= 4 is 63.0 Å². The zero-order valence-electron chi connectivity index (χ0n) is 22.3. The molecule has 0 amide bonds. The second-order valence-corrected chi connectivity index (χ2v) is 12.5. The minimum Gasteiger partial charge on any atom is -0.192 e. The van der Waals surface area contributed by atoms with Crippen LogP contribution in [-0.4, -0.2) is 0 Å². The van der Waals surface area contributed by atoms with Gasteiger partial charge in [0.1, 0.15) is 0 Å². The molecule has 0 aliphatic carbocycles. The lowest BCUT2D eigenvalue weighted by Crippen LogP contribution is -1.89. The van der Waals surface area contributed by atoms with Crippen LogP contribution >= 0.6 is 22.7 Å². The van der Waals surface area contributed by atoms with Crippen LogP contribution in [0.4, 0.5) is 0 Å². The maximum atomic E-state index is 9.93. The molecule has 0 aliphatic rings. The molecule has 0 spiro atoms. The Morgan fingerprint density at radius 2 is 1.14 bits per heavy atom. The Bertz CT molecular complexity index is 2450. The molecule has 0 atom stereocenters. The Labute approximate surface area is 250 Å². The number of hydrogen-bond donors (Lipinski definition) is 0. The summed E-state index contributed by atoms with van der Waals surface area (Å²) >= 11 is 3.58. The normalized spacial score (nSPS) is 11.3. The molecule has 4 heteroatoms. The first kappa shape index (κ1) is 24.5. The summed E-state index contributed by atoms with van der Waals surface area (Å²) in [6, 6.07) is 46.8. The van der Waals surface area contributed by atoms with Crippen molar-refractivity contribution in [2.24, 2.45) is 0 Å². The Hall–Kier alpha value is -5.26. The number of rotatable bonds is 3. The summed E-state index contributed by atoms with van der Waals surface area (Å²) in [4.78, 5) is 0. The van der Waals surface area contributed by atoms with E-state index in [-0.39, 0.29) is 0 Å². The van der Waals surface area contributed by atoms with Gasteiger partial charge in [0.2, 0.25) is 0 Å². The van der Waals surface area contributed by atoms with Gasteiger partial charge in [-0.05, 0) is 88.0 Å². The smallest absolute Gasteiger partial charge is 0.0998 e. The van der Waals surface area contributed by atoms with Gasteiger partial charge < -0.3 is 0 Å². The predicted octanol–water partition coefficient (Wildman–Crippen LogP) is 11.2. The van der Waals surface area contributed by atoms with Crippen LogP contribution in [0.2, 0.25) is 0 Å². The standard InChI is InChI=1S/C38H20N2S2/c39-21-23-12-15-36-34(16-23)33-10-5-9-30(38(33)42-36)28-18-26(17-27(19-28)29-7-2-1-6-25(29)22-40)24-13-14-32-31-8-3-4-11-35(31)41-37(32)20-24/h1-20H. The lowest BCUT2D eigenvalue weighted by atomic mass is 9.91. The lowest BCUT2D eigenvalue weighted by Gasteiger charge is -2.13. The Balaban J connectivity index is 1.39. The molecule has 0 aliphatic heterocycles. The monoisotopic (exact) mass is 568 g/mol. The third kappa shape index (κ3) is 3.90. The largest absolute Gasteiger partial charge is 0.192 e. The van der Waals surface area contributed by atoms with E-state index in [0.717, 1.165) is 48.9 Å². The van der Waals surface area contributed by atoms with Crippen LogP contribution in [0.3, 0.4) is 0 Å². The highest BCUT2D eigenvalue weighted by Crippen LogP contribution is 2.43. The molecule has 6 aromatic carbocycles. The van der Waals surface area contributed by atoms with Crippen molar-refractivity contribution in [1.82, 2.24) is 0 Å². The van der Waals surface area contributed by atoms with Crippen LogP contribution in [0.1, 0.15) is 11.1 Å². The van der Waals surface area contributed by atoms with E-state index >= 15 is 0 Å². The predicted molar refractivity (Wildman–Crippen MR) is 178 cm³/mol. The van der Waals surface area contributed by atoms with E-state index in [9.17, 15) is 10.5 Å². The van der Waals surface area contributed by atoms with Gasteiger partial charge in [0.25, 0.3) is 0 Å². The number of thiophene rings is 2. The van der Waals surface area contributed by atoms with E-state index in [1.807, 2.05) is 53.8 Å². The number of nitriles is 2. The first-order valence-electron chi connectivity index (χ1n) is 13.6. The van der Waals surface area contributed by atoms with Gasteiger partial charge in [-0.15, -0.1) is 22.7 Å². The van der Waals surface area contributed by atoms with Gasteiger partial charge in [-0.25, -0.2) is 0 Å². The fraction of sp³-hybridized carbons (Fsp3) is 0. The first-order chi connectivity index (χ1) is 20.7. The summed E-state index contributed by atoms with van der Waals surface area (Å²) < 4.78 is 4.91. The molecule has 0 unspecified atom stereocenters. The van der Waals surface area contributed by atoms with Gasteiger partial charge in [-0.3, -0.25) is 0 Å². The topological polar surface area (TPSA) is 47.6 Å². The second kappa shape index (κ2) is 9.68. The van der Waals surface area contributed by atoms with E-state index in [4.69, 9.17) is 0 Å². The highest BCUT2D eigenvalue weighted by Gasteiger charge is 2.15. The summed E-state index contributed by atoms with van der Waals surface area (Å²) in [5.74, 6) is 0. The van der Waals surface area contributed by atoms with Crippen LogP contribution in [-0.2, 0) is 0 Å². The van der Waals surface area contributed by atoms with E-state index in [0.29, 0.717) is 11.1 Å². The molecular weight excluding hydrogens is 549 g/mol. The van der Waals surface area contributed by atoms with Gasteiger partial charge in [0.15, 0.2) is 0 Å². The molecule has 2 nitrogen and oxygen atoms in total. The molecule has 42 heavy (non-hydrogen) atoms. The van der Waals surface area contributed by atoms with Crippen molar-refractivity contribution in [2.45, 2.75) is 0 Å². The average molecular weight is 569 g/mol. The maximum absolute atomic E-state index is 9.93. The molecule has 0 saturated heterocycles. The lowest BCUT2D eigenvalue weighted by molar-refractivity contribution is 1.48. The number of benzene rings is 6. The molecule has 0 fully saturated rings. The van der Waals surface area contributed by atoms with Crippen molar-refractivity contribution < 1.29 is 0 Å². The number of nitrogens with zero attached hydrogens (tertiary/aromatic N) is 2. The van der Waals surface area contributed by atoms with Crippen LogP contribution < -0.4 is 0 Å². The Kier molecular flexibility index (Phi) is 5.66. The SMILES string of the molecule is N#Cc1ccc2sc3c(-c4cc(-c5ccc6c(c5)sc5ccccc56)cc(-c5ccccc5C#N)c4)cccc3c2c1. The van der Waals surface area contributed by atoms with E-state index in [2.05, 4.69) is 91.0 Å². The quantitative estimate of drug-likeness (QED) is 0.213. The molecule has 8 aromatic rings. The third-order valence-corrected chi connectivity index (χ3v) is 10.3. The van der Waals surface area contributed by atoms with Crippen molar-refractivity contribution in [3.63, 3.8) is 0 Å². The van der Waals surface area contributed by atoms with Crippen LogP contribution in [0.25, 0.3) is 73.7 Å². The fourth-order valence-corrected chi connectivity index (χ4v) is 8.30. The molecule has 8 rings (SSSR count). The summed E-state index contributed by atoms with van der Waals surface area (Å²) in [5.41, 5.74) is 7.77. The molecule has 0 radical (unpaired) electrons. The van der Waals surface area contributed by atoms with E-state index < -0.39 is 0 Å². The summed E-state index contributed by atoms with van der Waals surface area (Å²) in [5, 5.41) is 24.3. The van der Waals surface area contributed by atoms with Gasteiger partial charge >= 0.3 is 0 Å². The zero-order valence-corrected chi connectivity index (χ0v) is 23.9. The van der Waals surface area contributed by atoms with Crippen LogP contribution in [0.15, 0.2) is 121 Å². The Morgan fingerprint density at radius 1 is 0.429 bits per heavy atom. The van der Waals surface area contributed by atoms with Gasteiger partial charge in [0, 0.05) is 40.3 Å². The molecule has 0 saturated carbocycles. The van der Waals surface area contributed by atoms with Crippen molar-refractivity contribution in [3.8, 4) is 45.5 Å². The maximum Gasteiger partial charge on any atom is 0.0998 e. The highest BCUT2D eigenvalue weighted by atomic mass is 32.1. The molecule has 2 heterocycles. The summed E-state index contributed by atoms with van der Waals surface area (Å²) in [6.07, 6.45) is 0. The van der Waals surface area contributed by atoms with Gasteiger partial charge in [-0.2, -0.15) is 10.5 Å².